The lowest BCUT2D eigenvalue weighted by Crippen LogP contribution is -2.48. The van der Waals surface area contributed by atoms with Crippen molar-refractivity contribution in [1.29, 1.82) is 0 Å². The van der Waals surface area contributed by atoms with E-state index >= 15 is 0 Å². The van der Waals surface area contributed by atoms with Gasteiger partial charge >= 0.3 is 6.09 Å². The highest BCUT2D eigenvalue weighted by atomic mass is 16.6. The summed E-state index contributed by atoms with van der Waals surface area (Å²) in [6.07, 6.45) is 0.408. The largest absolute Gasteiger partial charge is 0.445 e. The molecular weight excluding hydrogens is 306 g/mol. The van der Waals surface area contributed by atoms with Gasteiger partial charge in [0.15, 0.2) is 0 Å². The molecular formula is C18H27N3O3. The number of rotatable bonds is 5. The second-order valence-electron chi connectivity index (χ2n) is 6.56. The van der Waals surface area contributed by atoms with Crippen LogP contribution < -0.4 is 5.73 Å². The lowest BCUT2D eigenvalue weighted by molar-refractivity contribution is -0.131. The number of carbonyl (C=O) groups is 2. The van der Waals surface area contributed by atoms with Gasteiger partial charge in [0.1, 0.15) is 6.61 Å². The standard InChI is InChI=1S/C18H27N3O3/c1-13(2)21(16-9-10-20(11-16)17(22)14(3)19)18(23)24-12-15-7-5-4-6-8-15/h4-8,13-14,16H,9-12,19H2,1-3H3. The van der Waals surface area contributed by atoms with E-state index in [-0.39, 0.29) is 30.7 Å². The number of benzene rings is 1. The topological polar surface area (TPSA) is 75.9 Å². The van der Waals surface area contributed by atoms with E-state index in [0.717, 1.165) is 12.0 Å². The minimum absolute atomic E-state index is 0.00336. The van der Waals surface area contributed by atoms with Gasteiger partial charge in [0.25, 0.3) is 0 Å². The Morgan fingerprint density at radius 2 is 1.96 bits per heavy atom. The maximum atomic E-state index is 12.5. The zero-order valence-corrected chi connectivity index (χ0v) is 14.6. The zero-order chi connectivity index (χ0) is 17.7. The molecule has 1 aromatic carbocycles. The first-order chi connectivity index (χ1) is 11.4. The molecule has 2 rings (SSSR count). The number of hydrogen-bond donors (Lipinski definition) is 1. The summed E-state index contributed by atoms with van der Waals surface area (Å²) in [7, 11) is 0. The minimum Gasteiger partial charge on any atom is -0.445 e. The first-order valence-electron chi connectivity index (χ1n) is 8.43. The molecule has 0 aliphatic carbocycles. The monoisotopic (exact) mass is 333 g/mol. The Morgan fingerprint density at radius 3 is 2.54 bits per heavy atom. The van der Waals surface area contributed by atoms with Crippen molar-refractivity contribution < 1.29 is 14.3 Å². The van der Waals surface area contributed by atoms with Crippen LogP contribution in [0, 0.1) is 0 Å². The average molecular weight is 333 g/mol. The summed E-state index contributed by atoms with van der Waals surface area (Å²) in [6.45, 7) is 6.99. The molecule has 0 aromatic heterocycles. The maximum Gasteiger partial charge on any atom is 0.410 e. The Hall–Kier alpha value is -2.08. The quantitative estimate of drug-likeness (QED) is 0.894. The molecule has 2 atom stereocenters. The van der Waals surface area contributed by atoms with Gasteiger partial charge < -0.3 is 20.3 Å². The van der Waals surface area contributed by atoms with E-state index in [4.69, 9.17) is 10.5 Å². The van der Waals surface area contributed by atoms with Crippen molar-refractivity contribution in [2.45, 2.75) is 51.9 Å². The Kier molecular flexibility index (Phi) is 6.20. The second-order valence-corrected chi connectivity index (χ2v) is 6.56. The lowest BCUT2D eigenvalue weighted by Gasteiger charge is -2.32. The van der Waals surface area contributed by atoms with Crippen LogP contribution in [-0.2, 0) is 16.1 Å². The predicted molar refractivity (Wildman–Crippen MR) is 92.2 cm³/mol. The van der Waals surface area contributed by atoms with Crippen molar-refractivity contribution in [2.24, 2.45) is 5.73 Å². The average Bonchev–Trinajstić information content (AvgIpc) is 3.02. The molecule has 6 nitrogen and oxygen atoms in total. The lowest BCUT2D eigenvalue weighted by atomic mass is 10.2. The smallest absolute Gasteiger partial charge is 0.410 e. The Morgan fingerprint density at radius 1 is 1.29 bits per heavy atom. The van der Waals surface area contributed by atoms with Gasteiger partial charge in [0, 0.05) is 19.1 Å². The normalized spacial score (nSPS) is 18.5. The highest BCUT2D eigenvalue weighted by molar-refractivity contribution is 5.81. The van der Waals surface area contributed by atoms with Crippen LogP contribution in [0.2, 0.25) is 0 Å². The molecule has 2 unspecified atom stereocenters. The van der Waals surface area contributed by atoms with E-state index < -0.39 is 6.04 Å². The summed E-state index contributed by atoms with van der Waals surface area (Å²) in [5, 5.41) is 0. The number of nitrogens with zero attached hydrogens (tertiary/aromatic N) is 2. The zero-order valence-electron chi connectivity index (χ0n) is 14.6. The number of hydrogen-bond acceptors (Lipinski definition) is 4. The molecule has 1 fully saturated rings. The third-order valence-electron chi connectivity index (χ3n) is 4.23. The van der Waals surface area contributed by atoms with Crippen LogP contribution in [0.15, 0.2) is 30.3 Å². The van der Waals surface area contributed by atoms with E-state index in [1.54, 1.807) is 16.7 Å². The number of nitrogens with two attached hydrogens (primary N) is 1. The van der Waals surface area contributed by atoms with E-state index in [1.807, 2.05) is 44.2 Å². The van der Waals surface area contributed by atoms with E-state index in [0.29, 0.717) is 13.1 Å². The first kappa shape index (κ1) is 18.3. The number of ether oxygens (including phenoxy) is 1. The van der Waals surface area contributed by atoms with Crippen molar-refractivity contribution >= 4 is 12.0 Å². The summed E-state index contributed by atoms with van der Waals surface area (Å²) < 4.78 is 5.47. The number of carbonyl (C=O) groups excluding carboxylic acids is 2. The molecule has 1 aromatic rings. The molecule has 0 spiro atoms. The van der Waals surface area contributed by atoms with Crippen LogP contribution in [0.3, 0.4) is 0 Å². The molecule has 2 N–H and O–H groups in total. The summed E-state index contributed by atoms with van der Waals surface area (Å²) >= 11 is 0. The van der Waals surface area contributed by atoms with Gasteiger partial charge in [-0.15, -0.1) is 0 Å². The summed E-state index contributed by atoms with van der Waals surface area (Å²) in [6, 6.07) is 9.06. The molecule has 6 heteroatoms. The first-order valence-corrected chi connectivity index (χ1v) is 8.43. The molecule has 0 saturated carbocycles. The van der Waals surface area contributed by atoms with E-state index in [2.05, 4.69) is 0 Å². The van der Waals surface area contributed by atoms with Crippen molar-refractivity contribution in [3.8, 4) is 0 Å². The fourth-order valence-corrected chi connectivity index (χ4v) is 3.03. The van der Waals surface area contributed by atoms with Crippen LogP contribution in [0.4, 0.5) is 4.79 Å². The van der Waals surface area contributed by atoms with Gasteiger partial charge in [-0.05, 0) is 32.8 Å². The molecule has 1 heterocycles. The van der Waals surface area contributed by atoms with Gasteiger partial charge in [-0.2, -0.15) is 0 Å². The van der Waals surface area contributed by atoms with Gasteiger partial charge in [0.05, 0.1) is 12.1 Å². The molecule has 0 radical (unpaired) electrons. The van der Waals surface area contributed by atoms with Gasteiger partial charge in [0.2, 0.25) is 5.91 Å². The molecule has 1 aliphatic heterocycles. The van der Waals surface area contributed by atoms with Gasteiger partial charge in [-0.3, -0.25) is 4.79 Å². The molecule has 0 bridgehead atoms. The van der Waals surface area contributed by atoms with Crippen molar-refractivity contribution in [2.75, 3.05) is 13.1 Å². The maximum absolute atomic E-state index is 12.5. The summed E-state index contributed by atoms with van der Waals surface area (Å²) in [4.78, 5) is 28.0. The third-order valence-corrected chi connectivity index (χ3v) is 4.23. The Labute approximate surface area is 143 Å². The third kappa shape index (κ3) is 4.47. The predicted octanol–water partition coefficient (Wildman–Crippen LogP) is 1.98. The highest BCUT2D eigenvalue weighted by Gasteiger charge is 2.35. The Bertz CT molecular complexity index is 560. The summed E-state index contributed by atoms with van der Waals surface area (Å²) in [5.41, 5.74) is 6.63. The van der Waals surface area contributed by atoms with Crippen LogP contribution in [0.1, 0.15) is 32.8 Å². The Balaban J connectivity index is 1.96. The highest BCUT2D eigenvalue weighted by Crippen LogP contribution is 2.20. The van der Waals surface area contributed by atoms with Crippen molar-refractivity contribution in [1.82, 2.24) is 9.80 Å². The molecule has 1 saturated heterocycles. The van der Waals surface area contributed by atoms with E-state index in [1.165, 1.54) is 0 Å². The van der Waals surface area contributed by atoms with Crippen molar-refractivity contribution in [3.63, 3.8) is 0 Å². The van der Waals surface area contributed by atoms with E-state index in [9.17, 15) is 9.59 Å². The molecule has 24 heavy (non-hydrogen) atoms. The molecule has 132 valence electrons. The van der Waals surface area contributed by atoms with Crippen LogP contribution in [0.5, 0.6) is 0 Å². The minimum atomic E-state index is -0.513. The van der Waals surface area contributed by atoms with Crippen LogP contribution >= 0.6 is 0 Å². The second kappa shape index (κ2) is 8.15. The number of likely N-dealkylation sites (tertiary alicyclic amines) is 1. The summed E-state index contributed by atoms with van der Waals surface area (Å²) in [5.74, 6) is -0.0705. The fourth-order valence-electron chi connectivity index (χ4n) is 3.03. The number of amides is 2. The SMILES string of the molecule is CC(N)C(=O)N1CCC(N(C(=O)OCc2ccccc2)C(C)C)C1. The molecule has 2 amide bonds. The van der Waals surface area contributed by atoms with Crippen molar-refractivity contribution in [3.05, 3.63) is 35.9 Å². The van der Waals surface area contributed by atoms with Crippen LogP contribution in [-0.4, -0.2) is 53.0 Å². The van der Waals surface area contributed by atoms with Crippen LogP contribution in [0.25, 0.3) is 0 Å². The molecule has 1 aliphatic rings. The van der Waals surface area contributed by atoms with Gasteiger partial charge in [-0.1, -0.05) is 30.3 Å². The van der Waals surface area contributed by atoms with Gasteiger partial charge in [-0.25, -0.2) is 4.79 Å². The fraction of sp³-hybridized carbons (Fsp3) is 0.556.